The number of para-hydroxylation sites is 1. The van der Waals surface area contributed by atoms with Gasteiger partial charge in [0.1, 0.15) is 10.6 Å². The van der Waals surface area contributed by atoms with E-state index < -0.39 is 15.7 Å². The summed E-state index contributed by atoms with van der Waals surface area (Å²) >= 11 is 0. The standard InChI is InChI=1S/C16H20N2O3S/c1-2-14(19)17-10-8-16(9-11-17)18(15(20)12-22(16)21)13-6-4-3-5-7-13/h3-7H,2,8-12H2,1H3. The lowest BCUT2D eigenvalue weighted by molar-refractivity contribution is -0.132. The first-order valence-corrected chi connectivity index (χ1v) is 8.95. The number of anilines is 1. The highest BCUT2D eigenvalue weighted by Crippen LogP contribution is 2.40. The fourth-order valence-electron chi connectivity index (χ4n) is 3.38. The van der Waals surface area contributed by atoms with E-state index in [2.05, 4.69) is 0 Å². The molecule has 1 unspecified atom stereocenters. The quantitative estimate of drug-likeness (QED) is 0.830. The molecule has 2 amide bonds. The van der Waals surface area contributed by atoms with Crippen LogP contribution in [-0.2, 0) is 20.4 Å². The van der Waals surface area contributed by atoms with Gasteiger partial charge in [-0.25, -0.2) is 0 Å². The van der Waals surface area contributed by atoms with Crippen molar-refractivity contribution in [2.24, 2.45) is 0 Å². The van der Waals surface area contributed by atoms with Gasteiger partial charge in [0.05, 0.1) is 10.8 Å². The van der Waals surface area contributed by atoms with E-state index in [0.717, 1.165) is 5.69 Å². The van der Waals surface area contributed by atoms with E-state index in [1.807, 2.05) is 42.2 Å². The Bertz CT molecular complexity index is 609. The Kier molecular flexibility index (Phi) is 4.04. The molecule has 2 aliphatic heterocycles. The first-order chi connectivity index (χ1) is 10.6. The summed E-state index contributed by atoms with van der Waals surface area (Å²) in [5.41, 5.74) is 0.800. The third kappa shape index (κ3) is 2.35. The second-order valence-electron chi connectivity index (χ2n) is 5.74. The lowest BCUT2D eigenvalue weighted by atomic mass is 10.0. The van der Waals surface area contributed by atoms with E-state index in [0.29, 0.717) is 32.4 Å². The van der Waals surface area contributed by atoms with Crippen molar-refractivity contribution in [3.05, 3.63) is 30.3 Å². The Balaban J connectivity index is 1.89. The molecule has 0 saturated carbocycles. The molecule has 0 aliphatic carbocycles. The number of amides is 2. The molecule has 22 heavy (non-hydrogen) atoms. The zero-order valence-electron chi connectivity index (χ0n) is 12.7. The summed E-state index contributed by atoms with van der Waals surface area (Å²) in [6.07, 6.45) is 1.63. The van der Waals surface area contributed by atoms with Crippen LogP contribution >= 0.6 is 0 Å². The van der Waals surface area contributed by atoms with Gasteiger partial charge in [0, 0.05) is 38.0 Å². The zero-order chi connectivity index (χ0) is 15.7. The lowest BCUT2D eigenvalue weighted by Gasteiger charge is -2.43. The van der Waals surface area contributed by atoms with E-state index in [9.17, 15) is 13.8 Å². The van der Waals surface area contributed by atoms with Crippen LogP contribution in [0.1, 0.15) is 26.2 Å². The fourth-order valence-corrected chi connectivity index (χ4v) is 5.05. The number of likely N-dealkylation sites (tertiary alicyclic amines) is 1. The van der Waals surface area contributed by atoms with Crippen molar-refractivity contribution >= 4 is 28.3 Å². The number of carbonyl (C=O) groups excluding carboxylic acids is 2. The van der Waals surface area contributed by atoms with Gasteiger partial charge in [-0.1, -0.05) is 25.1 Å². The molecule has 2 heterocycles. The third-order valence-electron chi connectivity index (χ3n) is 4.55. The van der Waals surface area contributed by atoms with E-state index in [4.69, 9.17) is 0 Å². The molecule has 2 fully saturated rings. The summed E-state index contributed by atoms with van der Waals surface area (Å²) in [4.78, 5) is 27.1. The number of piperidine rings is 1. The van der Waals surface area contributed by atoms with Gasteiger partial charge in [-0.2, -0.15) is 0 Å². The van der Waals surface area contributed by atoms with Gasteiger partial charge in [0.2, 0.25) is 11.8 Å². The molecule has 1 atom stereocenters. The van der Waals surface area contributed by atoms with Crippen LogP contribution in [-0.4, -0.2) is 44.6 Å². The Morgan fingerprint density at radius 1 is 1.23 bits per heavy atom. The van der Waals surface area contributed by atoms with E-state index in [1.54, 1.807) is 4.90 Å². The first kappa shape index (κ1) is 15.2. The molecular formula is C16H20N2O3S. The van der Waals surface area contributed by atoms with Gasteiger partial charge in [-0.15, -0.1) is 0 Å². The SMILES string of the molecule is CCC(=O)N1CCC2(CC1)N(c1ccccc1)C(=O)CS2=O. The fraction of sp³-hybridized carbons (Fsp3) is 0.500. The molecule has 0 N–H and O–H groups in total. The normalized spacial score (nSPS) is 24.0. The van der Waals surface area contributed by atoms with Crippen molar-refractivity contribution in [1.29, 1.82) is 0 Å². The molecule has 0 bridgehead atoms. The van der Waals surface area contributed by atoms with Crippen LogP contribution in [0.25, 0.3) is 0 Å². The Labute approximate surface area is 132 Å². The predicted octanol–water partition coefficient (Wildman–Crippen LogP) is 1.51. The van der Waals surface area contributed by atoms with Crippen molar-refractivity contribution in [3.63, 3.8) is 0 Å². The molecule has 5 nitrogen and oxygen atoms in total. The number of nitrogens with zero attached hydrogens (tertiary/aromatic N) is 2. The van der Waals surface area contributed by atoms with Crippen molar-refractivity contribution in [1.82, 2.24) is 4.90 Å². The van der Waals surface area contributed by atoms with Gasteiger partial charge in [0.15, 0.2) is 0 Å². The van der Waals surface area contributed by atoms with E-state index in [1.165, 1.54) is 0 Å². The number of rotatable bonds is 2. The van der Waals surface area contributed by atoms with E-state index in [-0.39, 0.29) is 17.6 Å². The van der Waals surface area contributed by atoms with Gasteiger partial charge in [-0.3, -0.25) is 18.7 Å². The molecule has 118 valence electrons. The Morgan fingerprint density at radius 3 is 2.45 bits per heavy atom. The monoisotopic (exact) mass is 320 g/mol. The number of benzene rings is 1. The van der Waals surface area contributed by atoms with Crippen LogP contribution in [0.15, 0.2) is 30.3 Å². The van der Waals surface area contributed by atoms with Crippen LogP contribution < -0.4 is 4.90 Å². The molecule has 1 aromatic carbocycles. The molecule has 1 spiro atoms. The number of carbonyl (C=O) groups is 2. The summed E-state index contributed by atoms with van der Waals surface area (Å²) in [6.45, 7) is 2.98. The molecule has 1 aromatic rings. The van der Waals surface area contributed by atoms with Crippen molar-refractivity contribution in [2.45, 2.75) is 31.1 Å². The topological polar surface area (TPSA) is 57.7 Å². The highest BCUT2D eigenvalue weighted by molar-refractivity contribution is 7.88. The minimum absolute atomic E-state index is 0.0800. The number of hydrogen-bond acceptors (Lipinski definition) is 3. The second kappa shape index (κ2) is 5.83. The van der Waals surface area contributed by atoms with E-state index >= 15 is 0 Å². The van der Waals surface area contributed by atoms with Crippen LogP contribution in [0.5, 0.6) is 0 Å². The summed E-state index contributed by atoms with van der Waals surface area (Å²) in [6, 6.07) is 9.42. The van der Waals surface area contributed by atoms with Crippen LogP contribution in [0.3, 0.4) is 0 Å². The lowest BCUT2D eigenvalue weighted by Crippen LogP contribution is -2.56. The van der Waals surface area contributed by atoms with Crippen molar-refractivity contribution < 1.29 is 13.8 Å². The average Bonchev–Trinajstić information content (AvgIpc) is 2.78. The Hall–Kier alpha value is -1.69. The molecule has 3 rings (SSSR count). The maximum Gasteiger partial charge on any atom is 0.240 e. The smallest absolute Gasteiger partial charge is 0.240 e. The van der Waals surface area contributed by atoms with Crippen LogP contribution in [0.4, 0.5) is 5.69 Å². The summed E-state index contributed by atoms with van der Waals surface area (Å²) in [5, 5.41) is 0. The minimum Gasteiger partial charge on any atom is -0.342 e. The summed E-state index contributed by atoms with van der Waals surface area (Å²) in [7, 11) is -1.22. The molecular weight excluding hydrogens is 300 g/mol. The maximum absolute atomic E-state index is 12.6. The average molecular weight is 320 g/mol. The minimum atomic E-state index is -1.22. The molecule has 2 aliphatic rings. The van der Waals surface area contributed by atoms with Crippen LogP contribution in [0.2, 0.25) is 0 Å². The van der Waals surface area contributed by atoms with Gasteiger partial charge in [0.25, 0.3) is 0 Å². The van der Waals surface area contributed by atoms with Gasteiger partial charge in [-0.05, 0) is 12.1 Å². The molecule has 0 aromatic heterocycles. The molecule has 6 heteroatoms. The second-order valence-corrected chi connectivity index (χ2v) is 7.47. The maximum atomic E-state index is 12.6. The highest BCUT2D eigenvalue weighted by atomic mass is 32.2. The first-order valence-electron chi connectivity index (χ1n) is 7.63. The van der Waals surface area contributed by atoms with Crippen LogP contribution in [0, 0.1) is 0 Å². The largest absolute Gasteiger partial charge is 0.342 e. The number of hydrogen-bond donors (Lipinski definition) is 0. The molecule has 2 saturated heterocycles. The van der Waals surface area contributed by atoms with Crippen molar-refractivity contribution in [2.75, 3.05) is 23.7 Å². The highest BCUT2D eigenvalue weighted by Gasteiger charge is 2.53. The summed E-state index contributed by atoms with van der Waals surface area (Å²) < 4.78 is 12.6. The third-order valence-corrected chi connectivity index (χ3v) is 6.50. The zero-order valence-corrected chi connectivity index (χ0v) is 13.5. The molecule has 0 radical (unpaired) electrons. The van der Waals surface area contributed by atoms with Crippen molar-refractivity contribution in [3.8, 4) is 0 Å². The van der Waals surface area contributed by atoms with Gasteiger partial charge < -0.3 is 4.90 Å². The Morgan fingerprint density at radius 2 is 1.86 bits per heavy atom. The summed E-state index contributed by atoms with van der Waals surface area (Å²) in [5.74, 6) is 0.118. The van der Waals surface area contributed by atoms with Gasteiger partial charge >= 0.3 is 0 Å². The predicted molar refractivity (Wildman–Crippen MR) is 85.8 cm³/mol.